The molecule has 1 aromatic heterocycles. The summed E-state index contributed by atoms with van der Waals surface area (Å²) < 4.78 is 10.3. The predicted octanol–water partition coefficient (Wildman–Crippen LogP) is 2.61. The molecule has 0 radical (unpaired) electrons. The second kappa shape index (κ2) is 8.81. The Balaban J connectivity index is 2.13. The molecule has 1 heterocycles. The maximum absolute atomic E-state index is 12.8. The van der Waals surface area contributed by atoms with Gasteiger partial charge >= 0.3 is 5.97 Å². The van der Waals surface area contributed by atoms with Gasteiger partial charge in [0.1, 0.15) is 11.4 Å². The second-order valence-electron chi connectivity index (χ2n) is 5.68. The lowest BCUT2D eigenvalue weighted by Crippen LogP contribution is -2.27. The Morgan fingerprint density at radius 3 is 2.69 bits per heavy atom. The standard InChI is InChI=1S/C17H21N3O5S/c1-10(24-4)15-18-14(25-19-15)9-20(3)16(21)12-7-5-6-8-13(12)26-11(2)17(22)23/h5-8,10-11H,9H2,1-4H3,(H,22,23). The van der Waals surface area contributed by atoms with Gasteiger partial charge in [-0.3, -0.25) is 9.59 Å². The summed E-state index contributed by atoms with van der Waals surface area (Å²) in [6.45, 7) is 3.51. The zero-order chi connectivity index (χ0) is 19.3. The zero-order valence-electron chi connectivity index (χ0n) is 15.0. The molecule has 0 saturated heterocycles. The van der Waals surface area contributed by atoms with E-state index < -0.39 is 11.2 Å². The number of hydrogen-bond acceptors (Lipinski definition) is 7. The van der Waals surface area contributed by atoms with Crippen molar-refractivity contribution in [1.82, 2.24) is 15.0 Å². The minimum atomic E-state index is -0.934. The quantitative estimate of drug-likeness (QED) is 0.698. The number of thioether (sulfide) groups is 1. The number of carbonyl (C=O) groups is 2. The Kier molecular flexibility index (Phi) is 6.76. The Hall–Kier alpha value is -2.39. The first-order valence-electron chi connectivity index (χ1n) is 7.92. The van der Waals surface area contributed by atoms with Gasteiger partial charge in [-0.2, -0.15) is 4.98 Å². The SMILES string of the molecule is COC(C)c1noc(CN(C)C(=O)c2ccccc2SC(C)C(=O)O)n1. The maximum atomic E-state index is 12.8. The Bertz CT molecular complexity index is 779. The van der Waals surface area contributed by atoms with E-state index in [9.17, 15) is 9.59 Å². The summed E-state index contributed by atoms with van der Waals surface area (Å²) in [5.41, 5.74) is 0.429. The number of methoxy groups -OCH3 is 1. The molecule has 0 bridgehead atoms. The summed E-state index contributed by atoms with van der Waals surface area (Å²) in [5.74, 6) is -0.486. The van der Waals surface area contributed by atoms with Gasteiger partial charge in [-0.25, -0.2) is 0 Å². The molecule has 2 rings (SSSR count). The third-order valence-corrected chi connectivity index (χ3v) is 4.85. The fourth-order valence-corrected chi connectivity index (χ4v) is 2.99. The number of hydrogen-bond donors (Lipinski definition) is 1. The van der Waals surface area contributed by atoms with E-state index in [2.05, 4.69) is 10.1 Å². The molecule has 0 aliphatic heterocycles. The Labute approximate surface area is 155 Å². The molecular weight excluding hydrogens is 358 g/mol. The van der Waals surface area contributed by atoms with Gasteiger partial charge in [0, 0.05) is 19.1 Å². The van der Waals surface area contributed by atoms with E-state index in [-0.39, 0.29) is 18.6 Å². The smallest absolute Gasteiger partial charge is 0.316 e. The lowest BCUT2D eigenvalue weighted by molar-refractivity contribution is -0.136. The minimum Gasteiger partial charge on any atom is -0.480 e. The summed E-state index contributed by atoms with van der Waals surface area (Å²) in [7, 11) is 3.16. The second-order valence-corrected chi connectivity index (χ2v) is 7.06. The predicted molar refractivity (Wildman–Crippen MR) is 94.9 cm³/mol. The van der Waals surface area contributed by atoms with Crippen LogP contribution in [-0.2, 0) is 16.1 Å². The number of rotatable bonds is 8. The van der Waals surface area contributed by atoms with Crippen LogP contribution in [0.4, 0.5) is 0 Å². The van der Waals surface area contributed by atoms with Crippen LogP contribution in [-0.4, -0.2) is 51.4 Å². The van der Waals surface area contributed by atoms with Gasteiger partial charge in [-0.05, 0) is 26.0 Å². The summed E-state index contributed by atoms with van der Waals surface area (Å²) in [4.78, 5) is 30.1. The summed E-state index contributed by atoms with van der Waals surface area (Å²) in [6, 6.07) is 6.91. The topological polar surface area (TPSA) is 106 Å². The molecule has 9 heteroatoms. The highest BCUT2D eigenvalue weighted by Gasteiger charge is 2.22. The van der Waals surface area contributed by atoms with Gasteiger partial charge in [0.25, 0.3) is 5.91 Å². The molecule has 0 aliphatic carbocycles. The summed E-state index contributed by atoms with van der Waals surface area (Å²) in [6.07, 6.45) is -0.303. The van der Waals surface area contributed by atoms with Crippen molar-refractivity contribution < 1.29 is 24.0 Å². The van der Waals surface area contributed by atoms with Gasteiger partial charge in [-0.15, -0.1) is 11.8 Å². The van der Waals surface area contributed by atoms with Crippen LogP contribution in [0.1, 0.15) is 42.0 Å². The molecule has 0 saturated carbocycles. The Morgan fingerprint density at radius 2 is 2.04 bits per heavy atom. The highest BCUT2D eigenvalue weighted by molar-refractivity contribution is 8.00. The summed E-state index contributed by atoms with van der Waals surface area (Å²) >= 11 is 1.13. The molecule has 140 valence electrons. The third-order valence-electron chi connectivity index (χ3n) is 3.69. The van der Waals surface area contributed by atoms with E-state index >= 15 is 0 Å². The minimum absolute atomic E-state index is 0.135. The molecule has 0 fully saturated rings. The van der Waals surface area contributed by atoms with E-state index in [0.717, 1.165) is 11.8 Å². The van der Waals surface area contributed by atoms with Crippen molar-refractivity contribution >= 4 is 23.6 Å². The molecular formula is C17H21N3O5S. The number of nitrogens with zero attached hydrogens (tertiary/aromatic N) is 3. The largest absolute Gasteiger partial charge is 0.480 e. The lowest BCUT2D eigenvalue weighted by Gasteiger charge is -2.17. The number of aromatic nitrogens is 2. The molecule has 0 spiro atoms. The molecule has 2 atom stereocenters. The van der Waals surface area contributed by atoms with Gasteiger partial charge in [0.05, 0.1) is 12.1 Å². The highest BCUT2D eigenvalue weighted by Crippen LogP contribution is 2.28. The van der Waals surface area contributed by atoms with Crippen LogP contribution < -0.4 is 0 Å². The molecule has 26 heavy (non-hydrogen) atoms. The van der Waals surface area contributed by atoms with Gasteiger partial charge in [0.2, 0.25) is 5.89 Å². The Morgan fingerprint density at radius 1 is 1.35 bits per heavy atom. The fraction of sp³-hybridized carbons (Fsp3) is 0.412. The van der Waals surface area contributed by atoms with Gasteiger partial charge < -0.3 is 19.3 Å². The monoisotopic (exact) mass is 379 g/mol. The first-order chi connectivity index (χ1) is 12.3. The average Bonchev–Trinajstić information content (AvgIpc) is 3.09. The van der Waals surface area contributed by atoms with Crippen molar-refractivity contribution in [2.24, 2.45) is 0 Å². The number of carboxylic acids is 1. The van der Waals surface area contributed by atoms with Crippen molar-refractivity contribution in [1.29, 1.82) is 0 Å². The molecule has 1 amide bonds. The number of benzene rings is 1. The van der Waals surface area contributed by atoms with Gasteiger partial charge in [-0.1, -0.05) is 17.3 Å². The van der Waals surface area contributed by atoms with E-state index in [0.29, 0.717) is 22.2 Å². The van der Waals surface area contributed by atoms with Crippen molar-refractivity contribution in [3.63, 3.8) is 0 Å². The average molecular weight is 379 g/mol. The van der Waals surface area contributed by atoms with Crippen LogP contribution in [0, 0.1) is 0 Å². The molecule has 1 aromatic carbocycles. The van der Waals surface area contributed by atoms with Crippen molar-refractivity contribution in [2.75, 3.05) is 14.2 Å². The number of ether oxygens (including phenoxy) is 1. The van der Waals surface area contributed by atoms with Crippen molar-refractivity contribution in [2.45, 2.75) is 36.6 Å². The third kappa shape index (κ3) is 4.83. The van der Waals surface area contributed by atoms with Crippen LogP contribution in [0.15, 0.2) is 33.7 Å². The molecule has 0 aliphatic rings. The molecule has 2 aromatic rings. The number of amides is 1. The van der Waals surface area contributed by atoms with E-state index in [1.54, 1.807) is 52.3 Å². The first-order valence-corrected chi connectivity index (χ1v) is 8.80. The number of aliphatic carboxylic acids is 1. The number of carbonyl (C=O) groups excluding carboxylic acids is 1. The fourth-order valence-electron chi connectivity index (χ4n) is 2.07. The van der Waals surface area contributed by atoms with E-state index in [1.165, 1.54) is 4.90 Å². The van der Waals surface area contributed by atoms with Crippen LogP contribution in [0.2, 0.25) is 0 Å². The highest BCUT2D eigenvalue weighted by atomic mass is 32.2. The van der Waals surface area contributed by atoms with E-state index in [1.807, 2.05) is 0 Å². The molecule has 1 N–H and O–H groups in total. The molecule has 2 unspecified atom stereocenters. The van der Waals surface area contributed by atoms with E-state index in [4.69, 9.17) is 14.4 Å². The normalized spacial score (nSPS) is 13.2. The first kappa shape index (κ1) is 19.9. The maximum Gasteiger partial charge on any atom is 0.316 e. The number of carboxylic acid groups (broad SMARTS) is 1. The van der Waals surface area contributed by atoms with Crippen LogP contribution >= 0.6 is 11.8 Å². The molecule has 8 nitrogen and oxygen atoms in total. The zero-order valence-corrected chi connectivity index (χ0v) is 15.8. The van der Waals surface area contributed by atoms with Gasteiger partial charge in [0.15, 0.2) is 5.82 Å². The lowest BCUT2D eigenvalue weighted by atomic mass is 10.2. The van der Waals surface area contributed by atoms with Crippen molar-refractivity contribution in [3.05, 3.63) is 41.5 Å². The van der Waals surface area contributed by atoms with Crippen molar-refractivity contribution in [3.8, 4) is 0 Å². The van der Waals surface area contributed by atoms with Crippen LogP contribution in [0.25, 0.3) is 0 Å². The summed E-state index contributed by atoms with van der Waals surface area (Å²) in [5, 5.41) is 12.3. The van der Waals surface area contributed by atoms with Crippen LogP contribution in [0.3, 0.4) is 0 Å². The van der Waals surface area contributed by atoms with Crippen LogP contribution in [0.5, 0.6) is 0 Å².